The zero-order valence-electron chi connectivity index (χ0n) is 16.4. The van der Waals surface area contributed by atoms with Crippen LogP contribution in [0.25, 0.3) is 21.5 Å². The topological polar surface area (TPSA) is 0 Å². The zero-order chi connectivity index (χ0) is 18.6. The van der Waals surface area contributed by atoms with Gasteiger partial charge in [0.25, 0.3) is 0 Å². The fraction of sp³-hybridized carbons (Fsp3) is 0.259. The third-order valence-corrected chi connectivity index (χ3v) is 6.01. The molecule has 2 unspecified atom stereocenters. The molecule has 4 aromatic carbocycles. The highest BCUT2D eigenvalue weighted by molar-refractivity contribution is 5.98. The summed E-state index contributed by atoms with van der Waals surface area (Å²) in [6.45, 7) is 4.68. The summed E-state index contributed by atoms with van der Waals surface area (Å²) in [6.07, 6.45) is 3.68. The second-order valence-electron chi connectivity index (χ2n) is 7.80. The molecule has 0 aliphatic carbocycles. The summed E-state index contributed by atoms with van der Waals surface area (Å²) < 4.78 is 0. The number of hydrogen-bond acceptors (Lipinski definition) is 0. The first-order chi connectivity index (χ1) is 13.2. The van der Waals surface area contributed by atoms with Crippen LogP contribution in [-0.4, -0.2) is 0 Å². The summed E-state index contributed by atoms with van der Waals surface area (Å²) in [5.41, 5.74) is 2.94. The van der Waals surface area contributed by atoms with Gasteiger partial charge in [-0.2, -0.15) is 0 Å². The molecular formula is C27H28. The average Bonchev–Trinajstić information content (AvgIpc) is 2.73. The Morgan fingerprint density at radius 2 is 1.22 bits per heavy atom. The molecule has 27 heavy (non-hydrogen) atoms. The standard InChI is InChI=1S/C27H28/c1-3-21(22-9-5-4-6-10-22)14-13-20(2)23-15-16-26-18-24-11-7-8-12-25(24)19-27(26)17-23/h4-12,15-21H,3,13-14H2,1-2H3. The van der Waals surface area contributed by atoms with E-state index in [4.69, 9.17) is 0 Å². The molecule has 0 nitrogen and oxygen atoms in total. The molecule has 0 bridgehead atoms. The molecule has 0 fully saturated rings. The van der Waals surface area contributed by atoms with Crippen molar-refractivity contribution in [2.45, 2.75) is 44.9 Å². The number of fused-ring (bicyclic) bond motifs is 2. The van der Waals surface area contributed by atoms with Crippen LogP contribution in [0.4, 0.5) is 0 Å². The Hall–Kier alpha value is -2.60. The van der Waals surface area contributed by atoms with Crippen molar-refractivity contribution in [3.8, 4) is 0 Å². The molecule has 0 aromatic heterocycles. The Labute approximate surface area is 162 Å². The largest absolute Gasteiger partial charge is 0.0648 e. The molecule has 4 rings (SSSR count). The van der Waals surface area contributed by atoms with Gasteiger partial charge in [0.15, 0.2) is 0 Å². The lowest BCUT2D eigenvalue weighted by atomic mass is 9.86. The van der Waals surface area contributed by atoms with Crippen LogP contribution in [0.1, 0.15) is 56.1 Å². The monoisotopic (exact) mass is 352 g/mol. The van der Waals surface area contributed by atoms with E-state index in [1.807, 2.05) is 0 Å². The number of benzene rings is 4. The minimum atomic E-state index is 0.582. The maximum atomic E-state index is 2.40. The van der Waals surface area contributed by atoms with E-state index >= 15 is 0 Å². The van der Waals surface area contributed by atoms with Gasteiger partial charge in [0.1, 0.15) is 0 Å². The highest BCUT2D eigenvalue weighted by Gasteiger charge is 2.13. The van der Waals surface area contributed by atoms with Crippen LogP contribution in [0, 0.1) is 0 Å². The van der Waals surface area contributed by atoms with Crippen molar-refractivity contribution in [2.75, 3.05) is 0 Å². The second kappa shape index (κ2) is 7.96. The lowest BCUT2D eigenvalue weighted by Gasteiger charge is -2.19. The molecule has 0 spiro atoms. The highest BCUT2D eigenvalue weighted by Crippen LogP contribution is 2.32. The van der Waals surface area contributed by atoms with Crippen LogP contribution < -0.4 is 0 Å². The predicted octanol–water partition coefficient (Wildman–Crippen LogP) is 8.07. The van der Waals surface area contributed by atoms with Gasteiger partial charge in [0.05, 0.1) is 0 Å². The minimum Gasteiger partial charge on any atom is -0.0648 e. The first-order valence-corrected chi connectivity index (χ1v) is 10.2. The summed E-state index contributed by atoms with van der Waals surface area (Å²) >= 11 is 0. The molecule has 0 radical (unpaired) electrons. The molecule has 0 aliphatic heterocycles. The third kappa shape index (κ3) is 3.90. The van der Waals surface area contributed by atoms with E-state index in [1.165, 1.54) is 51.9 Å². The Bertz CT molecular complexity index is 1030. The summed E-state index contributed by atoms with van der Waals surface area (Å²) in [5, 5.41) is 5.33. The van der Waals surface area contributed by atoms with Gasteiger partial charge in [-0.05, 0) is 75.9 Å². The molecular weight excluding hydrogens is 324 g/mol. The Morgan fingerprint density at radius 3 is 1.93 bits per heavy atom. The fourth-order valence-corrected chi connectivity index (χ4v) is 4.21. The molecule has 0 saturated heterocycles. The van der Waals surface area contributed by atoms with E-state index in [9.17, 15) is 0 Å². The van der Waals surface area contributed by atoms with Crippen molar-refractivity contribution < 1.29 is 0 Å². The van der Waals surface area contributed by atoms with Crippen LogP contribution in [0.3, 0.4) is 0 Å². The van der Waals surface area contributed by atoms with Crippen molar-refractivity contribution >= 4 is 21.5 Å². The normalized spacial score (nSPS) is 13.7. The lowest BCUT2D eigenvalue weighted by molar-refractivity contribution is 0.535. The maximum absolute atomic E-state index is 2.40. The summed E-state index contributed by atoms with van der Waals surface area (Å²) in [6, 6.07) is 31.3. The van der Waals surface area contributed by atoms with Crippen LogP contribution in [-0.2, 0) is 0 Å². The Morgan fingerprint density at radius 1 is 0.593 bits per heavy atom. The Kier molecular flexibility index (Phi) is 5.25. The Balaban J connectivity index is 1.53. The van der Waals surface area contributed by atoms with Crippen LogP contribution >= 0.6 is 0 Å². The van der Waals surface area contributed by atoms with Gasteiger partial charge in [-0.3, -0.25) is 0 Å². The van der Waals surface area contributed by atoms with Gasteiger partial charge in [-0.25, -0.2) is 0 Å². The third-order valence-electron chi connectivity index (χ3n) is 6.01. The average molecular weight is 353 g/mol. The summed E-state index contributed by atoms with van der Waals surface area (Å²) in [5.74, 6) is 1.25. The first kappa shape index (κ1) is 17.8. The van der Waals surface area contributed by atoms with Gasteiger partial charge in [-0.15, -0.1) is 0 Å². The summed E-state index contributed by atoms with van der Waals surface area (Å²) in [4.78, 5) is 0. The molecule has 0 amide bonds. The van der Waals surface area contributed by atoms with E-state index in [2.05, 4.69) is 98.8 Å². The van der Waals surface area contributed by atoms with Crippen molar-refractivity contribution in [3.05, 3.63) is 96.1 Å². The molecule has 2 atom stereocenters. The zero-order valence-corrected chi connectivity index (χ0v) is 16.4. The van der Waals surface area contributed by atoms with E-state index in [0.29, 0.717) is 11.8 Å². The quantitative estimate of drug-likeness (QED) is 0.308. The van der Waals surface area contributed by atoms with Crippen LogP contribution in [0.2, 0.25) is 0 Å². The van der Waals surface area contributed by atoms with Crippen molar-refractivity contribution in [2.24, 2.45) is 0 Å². The van der Waals surface area contributed by atoms with E-state index in [-0.39, 0.29) is 0 Å². The van der Waals surface area contributed by atoms with E-state index < -0.39 is 0 Å². The van der Waals surface area contributed by atoms with Gasteiger partial charge < -0.3 is 0 Å². The maximum Gasteiger partial charge on any atom is -0.0164 e. The number of rotatable bonds is 6. The first-order valence-electron chi connectivity index (χ1n) is 10.2. The van der Waals surface area contributed by atoms with Gasteiger partial charge in [0, 0.05) is 0 Å². The van der Waals surface area contributed by atoms with Crippen molar-refractivity contribution in [1.82, 2.24) is 0 Å². The van der Waals surface area contributed by atoms with Gasteiger partial charge >= 0.3 is 0 Å². The SMILES string of the molecule is CCC(CCC(C)c1ccc2cc3ccccc3cc2c1)c1ccccc1. The molecule has 4 aromatic rings. The van der Waals surface area contributed by atoms with Crippen LogP contribution in [0.5, 0.6) is 0 Å². The molecule has 0 aliphatic rings. The second-order valence-corrected chi connectivity index (χ2v) is 7.80. The van der Waals surface area contributed by atoms with Crippen molar-refractivity contribution in [3.63, 3.8) is 0 Å². The molecule has 0 heteroatoms. The smallest absolute Gasteiger partial charge is 0.0164 e. The minimum absolute atomic E-state index is 0.582. The van der Waals surface area contributed by atoms with Gasteiger partial charge in [-0.1, -0.05) is 86.6 Å². The van der Waals surface area contributed by atoms with Crippen molar-refractivity contribution in [1.29, 1.82) is 0 Å². The molecule has 136 valence electrons. The van der Waals surface area contributed by atoms with Gasteiger partial charge in [0.2, 0.25) is 0 Å². The fourth-order valence-electron chi connectivity index (χ4n) is 4.21. The number of hydrogen-bond donors (Lipinski definition) is 0. The van der Waals surface area contributed by atoms with E-state index in [0.717, 1.165) is 0 Å². The molecule has 0 saturated carbocycles. The molecule has 0 heterocycles. The van der Waals surface area contributed by atoms with E-state index in [1.54, 1.807) is 0 Å². The predicted molar refractivity (Wildman–Crippen MR) is 119 cm³/mol. The van der Waals surface area contributed by atoms with Crippen LogP contribution in [0.15, 0.2) is 84.9 Å². The highest BCUT2D eigenvalue weighted by atomic mass is 14.2. The molecule has 0 N–H and O–H groups in total. The lowest BCUT2D eigenvalue weighted by Crippen LogP contribution is -2.01. The summed E-state index contributed by atoms with van der Waals surface area (Å²) in [7, 11) is 0.